The molecule has 3 aliphatic heterocycles. The number of carbonyl (C=O) groups is 1. The van der Waals surface area contributed by atoms with Gasteiger partial charge < -0.3 is 23.7 Å². The smallest absolute Gasteiger partial charge is 0.257 e. The predicted molar refractivity (Wildman–Crippen MR) is 109 cm³/mol. The topological polar surface area (TPSA) is 58.4 Å². The number of carbonyl (C=O) groups excluding carboxylic acids is 1. The highest BCUT2D eigenvalue weighted by molar-refractivity contribution is 5.93. The van der Waals surface area contributed by atoms with Crippen molar-refractivity contribution in [1.82, 2.24) is 9.80 Å². The molecule has 0 saturated carbocycles. The maximum absolute atomic E-state index is 12.6. The Morgan fingerprint density at radius 1 is 0.931 bits per heavy atom. The van der Waals surface area contributed by atoms with E-state index < -0.39 is 0 Å². The number of rotatable bonds is 3. The molecule has 4 heterocycles. The van der Waals surface area contributed by atoms with Gasteiger partial charge in [-0.3, -0.25) is 9.69 Å². The van der Waals surface area contributed by atoms with Crippen LogP contribution >= 0.6 is 0 Å². The number of benzene rings is 1. The van der Waals surface area contributed by atoms with Crippen LogP contribution in [0.25, 0.3) is 0 Å². The van der Waals surface area contributed by atoms with Gasteiger partial charge in [0, 0.05) is 57.1 Å². The molecular weight excluding hydrogens is 370 g/mol. The zero-order chi connectivity index (χ0) is 19.6. The molecule has 2 saturated heterocycles. The standard InChI is InChI=1S/C22H27N3O4/c26-22(17-6-13-27-15-17)25-8-1-7-23(11-12-25)18-4-9-24(10-5-18)19-2-3-20-21(14-19)29-16-28-20/h2-3,6,13-15,18H,1,4-5,7-12,16H2. The molecule has 2 fully saturated rings. The third-order valence-corrected chi connectivity index (χ3v) is 6.29. The molecule has 2 aromatic rings. The van der Waals surface area contributed by atoms with Gasteiger partial charge >= 0.3 is 0 Å². The number of fused-ring (bicyclic) bond motifs is 1. The maximum Gasteiger partial charge on any atom is 0.257 e. The number of anilines is 1. The summed E-state index contributed by atoms with van der Waals surface area (Å²) in [6.45, 7) is 6.00. The minimum atomic E-state index is 0.0817. The lowest BCUT2D eigenvalue weighted by Crippen LogP contribution is -2.46. The quantitative estimate of drug-likeness (QED) is 0.794. The van der Waals surface area contributed by atoms with Crippen LogP contribution in [0.5, 0.6) is 11.5 Å². The van der Waals surface area contributed by atoms with Crippen molar-refractivity contribution < 1.29 is 18.7 Å². The van der Waals surface area contributed by atoms with Crippen molar-refractivity contribution in [1.29, 1.82) is 0 Å². The molecule has 0 bridgehead atoms. The predicted octanol–water partition coefficient (Wildman–Crippen LogP) is 2.83. The Labute approximate surface area is 170 Å². The van der Waals surface area contributed by atoms with Crippen LogP contribution in [-0.4, -0.2) is 67.8 Å². The average molecular weight is 397 g/mol. The molecule has 0 unspecified atom stereocenters. The van der Waals surface area contributed by atoms with Crippen molar-refractivity contribution in [3.63, 3.8) is 0 Å². The second-order valence-corrected chi connectivity index (χ2v) is 7.95. The van der Waals surface area contributed by atoms with Crippen molar-refractivity contribution >= 4 is 11.6 Å². The summed E-state index contributed by atoms with van der Waals surface area (Å²) in [7, 11) is 0. The Morgan fingerprint density at radius 2 is 1.79 bits per heavy atom. The van der Waals surface area contributed by atoms with Gasteiger partial charge in [-0.05, 0) is 37.5 Å². The molecule has 7 heteroatoms. The summed E-state index contributed by atoms with van der Waals surface area (Å²) in [5, 5.41) is 0. The van der Waals surface area contributed by atoms with Crippen LogP contribution in [-0.2, 0) is 0 Å². The number of furan rings is 1. The number of amides is 1. The van der Waals surface area contributed by atoms with Gasteiger partial charge in [-0.2, -0.15) is 0 Å². The molecule has 0 atom stereocenters. The molecule has 3 aliphatic rings. The average Bonchev–Trinajstić information content (AvgIpc) is 3.40. The molecule has 1 aromatic carbocycles. The Kier molecular flexibility index (Phi) is 5.06. The fourth-order valence-corrected chi connectivity index (χ4v) is 4.65. The van der Waals surface area contributed by atoms with E-state index >= 15 is 0 Å². The molecule has 1 aromatic heterocycles. The van der Waals surface area contributed by atoms with Gasteiger partial charge in [0.2, 0.25) is 6.79 Å². The summed E-state index contributed by atoms with van der Waals surface area (Å²) in [4.78, 5) is 19.6. The second kappa shape index (κ2) is 7.99. The maximum atomic E-state index is 12.6. The van der Waals surface area contributed by atoms with E-state index in [0.29, 0.717) is 18.4 Å². The number of nitrogens with zero attached hydrogens (tertiary/aromatic N) is 3. The molecule has 0 spiro atoms. The van der Waals surface area contributed by atoms with E-state index in [4.69, 9.17) is 13.9 Å². The van der Waals surface area contributed by atoms with Crippen LogP contribution < -0.4 is 14.4 Å². The van der Waals surface area contributed by atoms with Gasteiger partial charge in [0.25, 0.3) is 5.91 Å². The van der Waals surface area contributed by atoms with Gasteiger partial charge in [-0.25, -0.2) is 0 Å². The number of piperidine rings is 1. The minimum absolute atomic E-state index is 0.0817. The van der Waals surface area contributed by atoms with Crippen molar-refractivity contribution in [3.05, 3.63) is 42.4 Å². The van der Waals surface area contributed by atoms with Crippen LogP contribution in [0.1, 0.15) is 29.6 Å². The van der Waals surface area contributed by atoms with Gasteiger partial charge in [0.15, 0.2) is 11.5 Å². The third-order valence-electron chi connectivity index (χ3n) is 6.29. The number of hydrogen-bond acceptors (Lipinski definition) is 6. The number of ether oxygens (including phenoxy) is 2. The summed E-state index contributed by atoms with van der Waals surface area (Å²) >= 11 is 0. The fourth-order valence-electron chi connectivity index (χ4n) is 4.65. The normalized spacial score (nSPS) is 20.7. The van der Waals surface area contributed by atoms with E-state index in [0.717, 1.165) is 70.0 Å². The van der Waals surface area contributed by atoms with Crippen LogP contribution in [0.3, 0.4) is 0 Å². The van der Waals surface area contributed by atoms with E-state index in [-0.39, 0.29) is 5.91 Å². The molecular formula is C22H27N3O4. The second-order valence-electron chi connectivity index (χ2n) is 7.95. The highest BCUT2D eigenvalue weighted by Gasteiger charge is 2.28. The highest BCUT2D eigenvalue weighted by Crippen LogP contribution is 2.36. The van der Waals surface area contributed by atoms with Gasteiger partial charge in [-0.15, -0.1) is 0 Å². The van der Waals surface area contributed by atoms with Gasteiger partial charge in [-0.1, -0.05) is 0 Å². The molecule has 1 amide bonds. The van der Waals surface area contributed by atoms with Crippen LogP contribution in [0.2, 0.25) is 0 Å². The van der Waals surface area contributed by atoms with E-state index in [1.165, 1.54) is 12.0 Å². The number of hydrogen-bond donors (Lipinski definition) is 0. The molecule has 0 radical (unpaired) electrons. The van der Waals surface area contributed by atoms with Crippen molar-refractivity contribution in [3.8, 4) is 11.5 Å². The zero-order valence-electron chi connectivity index (χ0n) is 16.6. The van der Waals surface area contributed by atoms with E-state index in [2.05, 4.69) is 21.9 Å². The Hall–Kier alpha value is -2.67. The highest BCUT2D eigenvalue weighted by atomic mass is 16.7. The summed E-state index contributed by atoms with van der Waals surface area (Å²) in [5.74, 6) is 1.76. The van der Waals surface area contributed by atoms with Crippen LogP contribution in [0.4, 0.5) is 5.69 Å². The first-order valence-electron chi connectivity index (χ1n) is 10.5. The zero-order valence-corrected chi connectivity index (χ0v) is 16.6. The lowest BCUT2D eigenvalue weighted by Gasteiger charge is -2.39. The Morgan fingerprint density at radius 3 is 2.62 bits per heavy atom. The molecule has 29 heavy (non-hydrogen) atoms. The lowest BCUT2D eigenvalue weighted by atomic mass is 10.0. The van der Waals surface area contributed by atoms with Crippen molar-refractivity contribution in [2.24, 2.45) is 0 Å². The fraction of sp³-hybridized carbons (Fsp3) is 0.500. The lowest BCUT2D eigenvalue weighted by molar-refractivity contribution is 0.0755. The molecule has 154 valence electrons. The molecule has 5 rings (SSSR count). The summed E-state index contributed by atoms with van der Waals surface area (Å²) < 4.78 is 16.0. The summed E-state index contributed by atoms with van der Waals surface area (Å²) in [5.41, 5.74) is 1.86. The van der Waals surface area contributed by atoms with Gasteiger partial charge in [0.1, 0.15) is 6.26 Å². The molecule has 0 aliphatic carbocycles. The Balaban J connectivity index is 1.15. The Bertz CT molecular complexity index is 846. The van der Waals surface area contributed by atoms with Gasteiger partial charge in [0.05, 0.1) is 11.8 Å². The first-order valence-corrected chi connectivity index (χ1v) is 10.5. The SMILES string of the molecule is O=C(c1ccoc1)N1CCCN(C2CCN(c3ccc4c(c3)OCO4)CC2)CC1. The monoisotopic (exact) mass is 397 g/mol. The van der Waals surface area contributed by atoms with Crippen LogP contribution in [0, 0.1) is 0 Å². The molecule has 7 nitrogen and oxygen atoms in total. The summed E-state index contributed by atoms with van der Waals surface area (Å²) in [6, 6.07) is 8.55. The first kappa shape index (κ1) is 18.4. The van der Waals surface area contributed by atoms with Crippen molar-refractivity contribution in [2.75, 3.05) is 51.0 Å². The van der Waals surface area contributed by atoms with E-state index in [9.17, 15) is 4.79 Å². The van der Waals surface area contributed by atoms with Crippen LogP contribution in [0.15, 0.2) is 41.2 Å². The largest absolute Gasteiger partial charge is 0.472 e. The summed E-state index contributed by atoms with van der Waals surface area (Å²) in [6.07, 6.45) is 6.41. The van der Waals surface area contributed by atoms with E-state index in [1.54, 1.807) is 12.3 Å². The third kappa shape index (κ3) is 3.79. The van der Waals surface area contributed by atoms with Crippen molar-refractivity contribution in [2.45, 2.75) is 25.3 Å². The minimum Gasteiger partial charge on any atom is -0.472 e. The first-order chi connectivity index (χ1) is 14.3. The van der Waals surface area contributed by atoms with E-state index in [1.807, 2.05) is 11.0 Å². The molecule has 0 N–H and O–H groups in total.